The van der Waals surface area contributed by atoms with Gasteiger partial charge in [-0.25, -0.2) is 13.1 Å². The van der Waals surface area contributed by atoms with E-state index >= 15 is 0 Å². The normalized spacial score (nSPS) is 31.3. The second-order valence-electron chi connectivity index (χ2n) is 13.4. The number of carbonyl (C=O) groups excluding carboxylic acids is 2. The third kappa shape index (κ3) is 6.40. The second-order valence-corrected chi connectivity index (χ2v) is 15.8. The van der Waals surface area contributed by atoms with Gasteiger partial charge in [0.2, 0.25) is 10.0 Å². The summed E-state index contributed by atoms with van der Waals surface area (Å²) in [4.78, 5) is 28.2. The molecule has 1 amide bonds. The van der Waals surface area contributed by atoms with E-state index in [4.69, 9.17) is 25.8 Å². The molecule has 2 bridgehead atoms. The van der Waals surface area contributed by atoms with E-state index in [1.807, 2.05) is 18.2 Å². The predicted molar refractivity (Wildman–Crippen MR) is 177 cm³/mol. The summed E-state index contributed by atoms with van der Waals surface area (Å²) in [6, 6.07) is 11.3. The maximum absolute atomic E-state index is 13.7. The van der Waals surface area contributed by atoms with Crippen molar-refractivity contribution in [2.24, 2.45) is 17.8 Å². The Kier molecular flexibility index (Phi) is 9.43. The van der Waals surface area contributed by atoms with Crippen molar-refractivity contribution in [2.45, 2.75) is 68.6 Å². The van der Waals surface area contributed by atoms with Gasteiger partial charge in [-0.15, -0.1) is 0 Å². The average Bonchev–Trinajstić information content (AvgIpc) is 3.17. The van der Waals surface area contributed by atoms with Crippen LogP contribution in [0.3, 0.4) is 0 Å². The van der Waals surface area contributed by atoms with Crippen molar-refractivity contribution in [1.29, 1.82) is 0 Å². The third-order valence-electron chi connectivity index (χ3n) is 10.6. The molecule has 2 aromatic rings. The topological polar surface area (TPSA) is 111 Å². The van der Waals surface area contributed by atoms with Crippen molar-refractivity contribution < 1.29 is 32.2 Å². The lowest BCUT2D eigenvalue weighted by Crippen LogP contribution is -2.49. The van der Waals surface area contributed by atoms with Crippen LogP contribution in [0.15, 0.2) is 48.6 Å². The molecule has 9 nitrogen and oxygen atoms in total. The van der Waals surface area contributed by atoms with Crippen molar-refractivity contribution in [2.75, 3.05) is 38.8 Å². The number of fused-ring (bicyclic) bond motifs is 4. The molecule has 248 valence electrons. The van der Waals surface area contributed by atoms with Gasteiger partial charge in [-0.2, -0.15) is 0 Å². The zero-order valence-corrected chi connectivity index (χ0v) is 28.2. The van der Waals surface area contributed by atoms with E-state index in [1.165, 1.54) is 18.2 Å². The van der Waals surface area contributed by atoms with Crippen LogP contribution in [-0.4, -0.2) is 65.6 Å². The van der Waals surface area contributed by atoms with Gasteiger partial charge in [-0.1, -0.05) is 36.7 Å². The molecule has 6 rings (SSSR count). The minimum absolute atomic E-state index is 0.130. The number of halogens is 1. The van der Waals surface area contributed by atoms with Crippen LogP contribution in [0.2, 0.25) is 5.02 Å². The Labute approximate surface area is 276 Å². The summed E-state index contributed by atoms with van der Waals surface area (Å²) < 4.78 is 46.9. The van der Waals surface area contributed by atoms with Crippen LogP contribution in [0.5, 0.6) is 5.75 Å². The van der Waals surface area contributed by atoms with E-state index in [0.29, 0.717) is 31.2 Å². The molecule has 1 N–H and O–H groups in total. The SMILES string of the molecule is COC(=O)C[C@@H]1[C@H](C)C/C=C/[C@H](OC)C2CCC2CN2C[C@@]3(CCCc4cc(Cl)ccc43)COc3ccc(cc32)C(=O)NS1(=O)=O. The van der Waals surface area contributed by atoms with Gasteiger partial charge in [0, 0.05) is 36.2 Å². The second kappa shape index (κ2) is 13.2. The van der Waals surface area contributed by atoms with Crippen LogP contribution in [0.4, 0.5) is 5.69 Å². The highest BCUT2D eigenvalue weighted by molar-refractivity contribution is 7.90. The standard InChI is InChI=1S/C35H43ClN2O7S/c1-22-6-4-8-30(43-2)27-12-9-25(27)19-38-20-35(15-5-7-23-16-26(36)11-13-28(23)35)21-45-31-14-10-24(17-29(31)38)34(40)37-46(41,42)32(22)18-33(39)44-3/h4,8,10-11,13-14,16-17,22,25,27,30,32H,5-7,9,12,15,18-21H2,1-3H3,(H,37,40)/b8-4+/t22-,25?,27?,30+,32-,35+/m1/s1. The molecule has 11 heteroatoms. The lowest BCUT2D eigenvalue weighted by atomic mass is 9.68. The molecule has 2 heterocycles. The number of nitrogens with zero attached hydrogens (tertiary/aromatic N) is 1. The van der Waals surface area contributed by atoms with Gasteiger partial charge in [-0.3, -0.25) is 9.59 Å². The average molecular weight is 671 g/mol. The number of aryl methyl sites for hydroxylation is 1. The van der Waals surface area contributed by atoms with Crippen LogP contribution >= 0.6 is 11.6 Å². The fraction of sp³-hybridized carbons (Fsp3) is 0.543. The first kappa shape index (κ1) is 32.8. The number of rotatable bonds is 3. The number of benzene rings is 2. The number of hydrogen-bond donors (Lipinski definition) is 1. The van der Waals surface area contributed by atoms with Crippen LogP contribution in [-0.2, 0) is 36.1 Å². The number of methoxy groups -OCH3 is 2. The minimum Gasteiger partial charge on any atom is -0.490 e. The van der Waals surface area contributed by atoms with Crippen molar-refractivity contribution in [3.63, 3.8) is 0 Å². The van der Waals surface area contributed by atoms with E-state index in [-0.39, 0.29) is 29.4 Å². The third-order valence-corrected chi connectivity index (χ3v) is 12.8. The number of carbonyl (C=O) groups is 2. The Morgan fingerprint density at radius 1 is 1.17 bits per heavy atom. The van der Waals surface area contributed by atoms with Crippen molar-refractivity contribution in [3.05, 3.63) is 70.3 Å². The fourth-order valence-corrected chi connectivity index (χ4v) is 9.70. The molecule has 1 saturated carbocycles. The molecular formula is C35H43ClN2O7S. The Hall–Kier alpha value is -3.08. The predicted octanol–water partition coefficient (Wildman–Crippen LogP) is 5.44. The van der Waals surface area contributed by atoms with E-state index < -0.39 is 33.1 Å². The number of hydrogen-bond acceptors (Lipinski definition) is 8. The van der Waals surface area contributed by atoms with Crippen LogP contribution < -0.4 is 14.4 Å². The molecule has 46 heavy (non-hydrogen) atoms. The van der Waals surface area contributed by atoms with Crippen molar-refractivity contribution >= 4 is 39.2 Å². The largest absolute Gasteiger partial charge is 0.490 e. The number of amides is 1. The molecule has 0 saturated heterocycles. The molecule has 6 atom stereocenters. The number of ether oxygens (including phenoxy) is 3. The number of anilines is 1. The lowest BCUT2D eigenvalue weighted by Gasteiger charge is -2.46. The first-order valence-electron chi connectivity index (χ1n) is 16.2. The Bertz CT molecular complexity index is 1630. The molecule has 0 radical (unpaired) electrons. The van der Waals surface area contributed by atoms with Crippen LogP contribution in [0, 0.1) is 17.8 Å². The summed E-state index contributed by atoms with van der Waals surface area (Å²) in [6.07, 6.45) is 8.88. The van der Waals surface area contributed by atoms with Gasteiger partial charge in [0.1, 0.15) is 5.75 Å². The Morgan fingerprint density at radius 2 is 2.00 bits per heavy atom. The van der Waals surface area contributed by atoms with Gasteiger partial charge in [0.15, 0.2) is 0 Å². The minimum atomic E-state index is -4.25. The maximum Gasteiger partial charge on any atom is 0.306 e. The molecular weight excluding hydrogens is 628 g/mol. The van der Waals surface area contributed by atoms with Crippen LogP contribution in [0.25, 0.3) is 0 Å². The quantitative estimate of drug-likeness (QED) is 0.340. The maximum atomic E-state index is 13.7. The van der Waals surface area contributed by atoms with Gasteiger partial charge in [0.25, 0.3) is 5.91 Å². The van der Waals surface area contributed by atoms with Gasteiger partial charge in [-0.05, 0) is 97.7 Å². The Morgan fingerprint density at radius 3 is 2.74 bits per heavy atom. The zero-order valence-electron chi connectivity index (χ0n) is 26.7. The number of nitrogens with one attached hydrogen (secondary N) is 1. The summed E-state index contributed by atoms with van der Waals surface area (Å²) in [5.41, 5.74) is 3.19. The van der Waals surface area contributed by atoms with Crippen molar-refractivity contribution in [1.82, 2.24) is 4.72 Å². The molecule has 2 unspecified atom stereocenters. The fourth-order valence-electron chi connectivity index (χ4n) is 7.90. The monoisotopic (exact) mass is 670 g/mol. The Balaban J connectivity index is 1.42. The number of allylic oxidation sites excluding steroid dienone is 1. The molecule has 2 aliphatic carbocycles. The lowest BCUT2D eigenvalue weighted by molar-refractivity contribution is -0.140. The summed E-state index contributed by atoms with van der Waals surface area (Å²) >= 11 is 6.41. The zero-order chi connectivity index (χ0) is 32.6. The van der Waals surface area contributed by atoms with Crippen molar-refractivity contribution in [3.8, 4) is 5.75 Å². The van der Waals surface area contributed by atoms with Crippen LogP contribution in [0.1, 0.15) is 66.9 Å². The van der Waals surface area contributed by atoms with E-state index in [9.17, 15) is 18.0 Å². The summed E-state index contributed by atoms with van der Waals surface area (Å²) in [7, 11) is -1.32. The van der Waals surface area contributed by atoms with E-state index in [0.717, 1.165) is 49.4 Å². The molecule has 2 aliphatic heterocycles. The first-order chi connectivity index (χ1) is 22.0. The highest BCUT2D eigenvalue weighted by Crippen LogP contribution is 2.47. The molecule has 1 spiro atoms. The van der Waals surface area contributed by atoms with Gasteiger partial charge >= 0.3 is 5.97 Å². The molecule has 1 fully saturated rings. The summed E-state index contributed by atoms with van der Waals surface area (Å²) in [5.74, 6) is -0.574. The van der Waals surface area contributed by atoms with E-state index in [2.05, 4.69) is 21.8 Å². The highest BCUT2D eigenvalue weighted by atomic mass is 35.5. The first-order valence-corrected chi connectivity index (χ1v) is 18.1. The molecule has 2 aromatic carbocycles. The summed E-state index contributed by atoms with van der Waals surface area (Å²) in [6.45, 7) is 3.69. The number of esters is 1. The van der Waals surface area contributed by atoms with Gasteiger partial charge < -0.3 is 19.1 Å². The number of sulfonamides is 1. The summed E-state index contributed by atoms with van der Waals surface area (Å²) in [5, 5.41) is -0.442. The highest BCUT2D eigenvalue weighted by Gasteiger charge is 2.44. The molecule has 0 aromatic heterocycles. The van der Waals surface area contributed by atoms with Gasteiger partial charge in [0.05, 0.1) is 37.2 Å². The molecule has 4 aliphatic rings. The smallest absolute Gasteiger partial charge is 0.306 e. The van der Waals surface area contributed by atoms with E-state index in [1.54, 1.807) is 32.2 Å².